The van der Waals surface area contributed by atoms with Crippen molar-refractivity contribution in [2.24, 2.45) is 0 Å². The van der Waals surface area contributed by atoms with Crippen LogP contribution in [0.15, 0.2) is 30.5 Å². The Hall–Kier alpha value is -2.30. The lowest BCUT2D eigenvalue weighted by Crippen LogP contribution is -2.05. The largest absolute Gasteiger partial charge is 0.477 e. The van der Waals surface area contributed by atoms with Crippen LogP contribution in [0.3, 0.4) is 0 Å². The van der Waals surface area contributed by atoms with Gasteiger partial charge in [-0.15, -0.1) is 0 Å². The quantitative estimate of drug-likeness (QED) is 0.797. The van der Waals surface area contributed by atoms with Gasteiger partial charge < -0.3 is 10.8 Å². The summed E-state index contributed by atoms with van der Waals surface area (Å²) in [5.74, 6) is -0.938. The Morgan fingerprint density at radius 1 is 1.38 bits per heavy atom. The Balaban J connectivity index is 2.49. The van der Waals surface area contributed by atoms with Gasteiger partial charge in [0.1, 0.15) is 11.4 Å². The topological polar surface area (TPSA) is 81.1 Å². The molecular formula is C11H11N3O2. The highest BCUT2D eigenvalue weighted by Gasteiger charge is 2.14. The average molecular weight is 217 g/mol. The number of hydrogen-bond acceptors (Lipinski definition) is 3. The Kier molecular flexibility index (Phi) is 2.36. The number of aromatic carboxylic acids is 1. The Morgan fingerprint density at radius 3 is 2.50 bits per heavy atom. The SMILES string of the molecule is Cc1ccc(-n2ncc(C(=O)O)c2N)cc1. The summed E-state index contributed by atoms with van der Waals surface area (Å²) in [4.78, 5) is 10.8. The molecular weight excluding hydrogens is 206 g/mol. The zero-order valence-electron chi connectivity index (χ0n) is 8.71. The lowest BCUT2D eigenvalue weighted by Gasteiger charge is -2.04. The normalized spacial score (nSPS) is 10.3. The molecule has 82 valence electrons. The molecule has 0 spiro atoms. The predicted molar refractivity (Wildman–Crippen MR) is 59.7 cm³/mol. The molecule has 0 amide bonds. The van der Waals surface area contributed by atoms with Crippen molar-refractivity contribution in [2.45, 2.75) is 6.92 Å². The molecule has 2 rings (SSSR count). The van der Waals surface area contributed by atoms with Crippen LogP contribution in [-0.2, 0) is 0 Å². The molecule has 2 aromatic rings. The van der Waals surface area contributed by atoms with Crippen LogP contribution < -0.4 is 5.73 Å². The molecule has 1 heterocycles. The first-order valence-corrected chi connectivity index (χ1v) is 4.73. The third-order valence-corrected chi connectivity index (χ3v) is 2.32. The monoisotopic (exact) mass is 217 g/mol. The van der Waals surface area contributed by atoms with Gasteiger partial charge in [0, 0.05) is 0 Å². The summed E-state index contributed by atoms with van der Waals surface area (Å²) in [7, 11) is 0. The molecule has 0 saturated carbocycles. The molecule has 1 aromatic heterocycles. The Labute approximate surface area is 92.1 Å². The van der Waals surface area contributed by atoms with E-state index in [1.54, 1.807) is 0 Å². The molecule has 16 heavy (non-hydrogen) atoms. The van der Waals surface area contributed by atoms with E-state index >= 15 is 0 Å². The number of aromatic nitrogens is 2. The summed E-state index contributed by atoms with van der Waals surface area (Å²) >= 11 is 0. The molecule has 5 heteroatoms. The van der Waals surface area contributed by atoms with Gasteiger partial charge in [0.15, 0.2) is 0 Å². The third kappa shape index (κ3) is 1.63. The fraction of sp³-hybridized carbons (Fsp3) is 0.0909. The fourth-order valence-corrected chi connectivity index (χ4v) is 1.41. The maximum atomic E-state index is 10.8. The molecule has 0 bridgehead atoms. The van der Waals surface area contributed by atoms with Crippen LogP contribution in [0.5, 0.6) is 0 Å². The second-order valence-corrected chi connectivity index (χ2v) is 3.50. The summed E-state index contributed by atoms with van der Waals surface area (Å²) in [6.45, 7) is 1.97. The lowest BCUT2D eigenvalue weighted by molar-refractivity contribution is 0.0698. The number of nitrogens with zero attached hydrogens (tertiary/aromatic N) is 2. The van der Waals surface area contributed by atoms with Gasteiger partial charge in [-0.05, 0) is 19.1 Å². The van der Waals surface area contributed by atoms with Crippen LogP contribution in [0.25, 0.3) is 5.69 Å². The zero-order chi connectivity index (χ0) is 11.7. The van der Waals surface area contributed by atoms with E-state index in [1.165, 1.54) is 10.9 Å². The van der Waals surface area contributed by atoms with E-state index in [2.05, 4.69) is 5.10 Å². The summed E-state index contributed by atoms with van der Waals surface area (Å²) < 4.78 is 1.41. The maximum absolute atomic E-state index is 10.8. The van der Waals surface area contributed by atoms with Crippen LogP contribution >= 0.6 is 0 Å². The smallest absolute Gasteiger partial charge is 0.341 e. The number of hydrogen-bond donors (Lipinski definition) is 2. The van der Waals surface area contributed by atoms with Crippen molar-refractivity contribution < 1.29 is 9.90 Å². The maximum Gasteiger partial charge on any atom is 0.341 e. The summed E-state index contributed by atoms with van der Waals surface area (Å²) in [5, 5.41) is 12.8. The first kappa shape index (κ1) is 10.2. The summed E-state index contributed by atoms with van der Waals surface area (Å²) in [6.07, 6.45) is 1.25. The van der Waals surface area contributed by atoms with Gasteiger partial charge in [0.25, 0.3) is 0 Å². The number of anilines is 1. The number of benzene rings is 1. The minimum atomic E-state index is -1.07. The van der Waals surface area contributed by atoms with Gasteiger partial charge in [-0.1, -0.05) is 17.7 Å². The van der Waals surface area contributed by atoms with E-state index in [4.69, 9.17) is 10.8 Å². The van der Waals surface area contributed by atoms with Crippen molar-refractivity contribution >= 4 is 11.8 Å². The molecule has 0 aliphatic carbocycles. The number of carbonyl (C=O) groups is 1. The second-order valence-electron chi connectivity index (χ2n) is 3.50. The van der Waals surface area contributed by atoms with Crippen LogP contribution in [0, 0.1) is 6.92 Å². The van der Waals surface area contributed by atoms with E-state index in [1.807, 2.05) is 31.2 Å². The molecule has 0 atom stereocenters. The van der Waals surface area contributed by atoms with E-state index < -0.39 is 5.97 Å². The molecule has 0 aliphatic heterocycles. The van der Waals surface area contributed by atoms with Crippen molar-refractivity contribution in [3.63, 3.8) is 0 Å². The minimum absolute atomic E-state index is 0.0144. The molecule has 0 radical (unpaired) electrons. The summed E-state index contributed by atoms with van der Waals surface area (Å²) in [5.41, 5.74) is 7.57. The number of nitrogens with two attached hydrogens (primary N) is 1. The standard InChI is InChI=1S/C11H11N3O2/c1-7-2-4-8(5-3-7)14-10(12)9(6-13-14)11(15)16/h2-6H,12H2,1H3,(H,15,16). The number of carboxylic acid groups (broad SMARTS) is 1. The van der Waals surface area contributed by atoms with Crippen molar-refractivity contribution in [2.75, 3.05) is 5.73 Å². The Morgan fingerprint density at radius 2 is 2.00 bits per heavy atom. The Bertz CT molecular complexity index is 529. The molecule has 0 fully saturated rings. The van der Waals surface area contributed by atoms with Gasteiger partial charge in [-0.2, -0.15) is 5.10 Å². The highest BCUT2D eigenvalue weighted by atomic mass is 16.4. The molecule has 1 aromatic carbocycles. The van der Waals surface area contributed by atoms with Gasteiger partial charge in [0.05, 0.1) is 11.9 Å². The summed E-state index contributed by atoms with van der Waals surface area (Å²) in [6, 6.07) is 7.50. The van der Waals surface area contributed by atoms with Crippen LogP contribution in [-0.4, -0.2) is 20.9 Å². The van der Waals surface area contributed by atoms with Crippen LogP contribution in [0.2, 0.25) is 0 Å². The fourth-order valence-electron chi connectivity index (χ4n) is 1.41. The van der Waals surface area contributed by atoms with Crippen molar-refractivity contribution in [1.29, 1.82) is 0 Å². The second kappa shape index (κ2) is 3.69. The van der Waals surface area contributed by atoms with Gasteiger partial charge in [-0.25, -0.2) is 9.48 Å². The number of carboxylic acids is 1. The highest BCUT2D eigenvalue weighted by molar-refractivity contribution is 5.92. The first-order valence-electron chi connectivity index (χ1n) is 4.73. The molecule has 0 aliphatic rings. The third-order valence-electron chi connectivity index (χ3n) is 2.32. The molecule has 3 N–H and O–H groups in total. The number of rotatable bonds is 2. The van der Waals surface area contributed by atoms with Crippen molar-refractivity contribution in [3.05, 3.63) is 41.6 Å². The number of aryl methyl sites for hydroxylation is 1. The van der Waals surface area contributed by atoms with E-state index in [-0.39, 0.29) is 11.4 Å². The lowest BCUT2D eigenvalue weighted by atomic mass is 10.2. The molecule has 5 nitrogen and oxygen atoms in total. The zero-order valence-corrected chi connectivity index (χ0v) is 8.71. The van der Waals surface area contributed by atoms with E-state index in [0.717, 1.165) is 11.3 Å². The van der Waals surface area contributed by atoms with Crippen LogP contribution in [0.1, 0.15) is 15.9 Å². The first-order chi connectivity index (χ1) is 7.59. The predicted octanol–water partition coefficient (Wildman–Crippen LogP) is 1.46. The van der Waals surface area contributed by atoms with E-state index in [9.17, 15) is 4.79 Å². The molecule has 0 unspecified atom stereocenters. The van der Waals surface area contributed by atoms with Gasteiger partial charge >= 0.3 is 5.97 Å². The van der Waals surface area contributed by atoms with Gasteiger partial charge in [0.2, 0.25) is 0 Å². The average Bonchev–Trinajstić information content (AvgIpc) is 2.61. The van der Waals surface area contributed by atoms with E-state index in [0.29, 0.717) is 0 Å². The number of nitrogen functional groups attached to an aromatic ring is 1. The van der Waals surface area contributed by atoms with Gasteiger partial charge in [-0.3, -0.25) is 0 Å². The van der Waals surface area contributed by atoms with Crippen molar-refractivity contribution in [3.8, 4) is 5.69 Å². The minimum Gasteiger partial charge on any atom is -0.477 e. The highest BCUT2D eigenvalue weighted by Crippen LogP contribution is 2.17. The van der Waals surface area contributed by atoms with Crippen LogP contribution in [0.4, 0.5) is 5.82 Å². The molecule has 0 saturated heterocycles. The van der Waals surface area contributed by atoms with Crippen molar-refractivity contribution in [1.82, 2.24) is 9.78 Å².